The fourth-order valence-electron chi connectivity index (χ4n) is 4.21. The Morgan fingerprint density at radius 2 is 1.82 bits per heavy atom. The van der Waals surface area contributed by atoms with Crippen molar-refractivity contribution in [3.8, 4) is 11.4 Å². The van der Waals surface area contributed by atoms with Gasteiger partial charge in [-0.05, 0) is 85.7 Å². The van der Waals surface area contributed by atoms with Gasteiger partial charge in [0.05, 0.1) is 0 Å². The molecule has 0 bridgehead atoms. The highest BCUT2D eigenvalue weighted by Crippen LogP contribution is 2.27. The van der Waals surface area contributed by atoms with Crippen LogP contribution in [0.3, 0.4) is 0 Å². The number of rotatable bonds is 7. The fraction of sp³-hybridized carbons (Fsp3) is 0.269. The SMILES string of the molecule is C[C@H](Oc1ccc(CCO)cc1-n1nc2ccccc2n1)C(=O)Nc1ccc2c(c1)CCC2. The minimum Gasteiger partial charge on any atom is -0.479 e. The summed E-state index contributed by atoms with van der Waals surface area (Å²) in [6.07, 6.45) is 3.10. The summed E-state index contributed by atoms with van der Waals surface area (Å²) in [5, 5.41) is 21.4. The molecule has 1 heterocycles. The lowest BCUT2D eigenvalue weighted by molar-refractivity contribution is -0.122. The number of aromatic nitrogens is 3. The summed E-state index contributed by atoms with van der Waals surface area (Å²) < 4.78 is 6.08. The Labute approximate surface area is 192 Å². The van der Waals surface area contributed by atoms with Crippen molar-refractivity contribution in [2.45, 2.75) is 38.7 Å². The first-order valence-electron chi connectivity index (χ1n) is 11.3. The molecule has 0 fully saturated rings. The molecule has 0 spiro atoms. The molecule has 1 aliphatic rings. The van der Waals surface area contributed by atoms with Gasteiger partial charge in [0, 0.05) is 12.3 Å². The first kappa shape index (κ1) is 21.2. The van der Waals surface area contributed by atoms with Crippen molar-refractivity contribution < 1.29 is 14.6 Å². The Balaban J connectivity index is 1.39. The van der Waals surface area contributed by atoms with Gasteiger partial charge in [-0.15, -0.1) is 15.0 Å². The molecule has 2 N–H and O–H groups in total. The van der Waals surface area contributed by atoms with E-state index in [9.17, 15) is 9.90 Å². The number of aliphatic hydroxyl groups excluding tert-OH is 1. The van der Waals surface area contributed by atoms with Crippen LogP contribution in [-0.4, -0.2) is 38.7 Å². The molecule has 1 aromatic heterocycles. The van der Waals surface area contributed by atoms with Crippen LogP contribution in [0, 0.1) is 0 Å². The number of anilines is 1. The van der Waals surface area contributed by atoms with Crippen LogP contribution in [0.4, 0.5) is 5.69 Å². The van der Waals surface area contributed by atoms with Crippen molar-refractivity contribution >= 4 is 22.6 Å². The highest BCUT2D eigenvalue weighted by Gasteiger charge is 2.20. The largest absolute Gasteiger partial charge is 0.479 e. The van der Waals surface area contributed by atoms with Crippen LogP contribution in [0.15, 0.2) is 60.7 Å². The number of hydrogen-bond donors (Lipinski definition) is 2. The van der Waals surface area contributed by atoms with Gasteiger partial charge in [-0.1, -0.05) is 24.3 Å². The van der Waals surface area contributed by atoms with Gasteiger partial charge in [-0.2, -0.15) is 0 Å². The molecule has 0 saturated heterocycles. The quantitative estimate of drug-likeness (QED) is 0.454. The Bertz CT molecular complexity index is 1280. The van der Waals surface area contributed by atoms with Gasteiger partial charge in [0.25, 0.3) is 5.91 Å². The third kappa shape index (κ3) is 4.45. The van der Waals surface area contributed by atoms with Gasteiger partial charge in [-0.25, -0.2) is 0 Å². The molecule has 4 aromatic rings. The first-order valence-corrected chi connectivity index (χ1v) is 11.3. The number of nitrogens with zero attached hydrogens (tertiary/aromatic N) is 3. The molecule has 0 saturated carbocycles. The number of hydrogen-bond acceptors (Lipinski definition) is 5. The van der Waals surface area contributed by atoms with Gasteiger partial charge < -0.3 is 15.2 Å². The van der Waals surface area contributed by atoms with E-state index in [2.05, 4.69) is 27.6 Å². The van der Waals surface area contributed by atoms with Crippen LogP contribution in [0.1, 0.15) is 30.0 Å². The fourth-order valence-corrected chi connectivity index (χ4v) is 4.21. The average molecular weight is 443 g/mol. The van der Waals surface area contributed by atoms with E-state index in [1.807, 2.05) is 42.5 Å². The summed E-state index contributed by atoms with van der Waals surface area (Å²) in [5.74, 6) is 0.269. The number of ether oxygens (including phenoxy) is 1. The highest BCUT2D eigenvalue weighted by atomic mass is 16.5. The first-order chi connectivity index (χ1) is 16.1. The topological polar surface area (TPSA) is 89.3 Å². The zero-order valence-corrected chi connectivity index (χ0v) is 18.5. The minimum absolute atomic E-state index is 0.0355. The van der Waals surface area contributed by atoms with E-state index in [0.717, 1.165) is 41.5 Å². The summed E-state index contributed by atoms with van der Waals surface area (Å²) in [5.41, 5.74) is 6.53. The minimum atomic E-state index is -0.731. The number of benzene rings is 3. The highest BCUT2D eigenvalue weighted by molar-refractivity contribution is 5.94. The number of aryl methyl sites for hydroxylation is 2. The zero-order chi connectivity index (χ0) is 22.8. The summed E-state index contributed by atoms with van der Waals surface area (Å²) in [6, 6.07) is 19.3. The van der Waals surface area contributed by atoms with E-state index >= 15 is 0 Å². The van der Waals surface area contributed by atoms with Gasteiger partial charge in [0.15, 0.2) is 6.10 Å². The molecule has 1 aliphatic carbocycles. The maximum Gasteiger partial charge on any atom is 0.265 e. The van der Waals surface area contributed by atoms with Gasteiger partial charge in [0.2, 0.25) is 0 Å². The van der Waals surface area contributed by atoms with Crippen molar-refractivity contribution in [1.82, 2.24) is 15.0 Å². The second-order valence-electron chi connectivity index (χ2n) is 8.34. The number of carbonyl (C=O) groups is 1. The molecule has 168 valence electrons. The van der Waals surface area contributed by atoms with Crippen LogP contribution >= 0.6 is 0 Å². The van der Waals surface area contributed by atoms with E-state index in [4.69, 9.17) is 4.74 Å². The van der Waals surface area contributed by atoms with E-state index in [1.54, 1.807) is 13.0 Å². The second kappa shape index (κ2) is 9.03. The van der Waals surface area contributed by atoms with E-state index in [0.29, 0.717) is 17.9 Å². The van der Waals surface area contributed by atoms with Crippen LogP contribution in [0.2, 0.25) is 0 Å². The monoisotopic (exact) mass is 442 g/mol. The molecule has 1 atom stereocenters. The van der Waals surface area contributed by atoms with Gasteiger partial charge >= 0.3 is 0 Å². The Morgan fingerprint density at radius 1 is 1.06 bits per heavy atom. The molecule has 5 rings (SSSR count). The maximum absolute atomic E-state index is 12.9. The second-order valence-corrected chi connectivity index (χ2v) is 8.34. The molecular formula is C26H26N4O3. The van der Waals surface area contributed by atoms with Crippen molar-refractivity contribution in [3.05, 3.63) is 77.4 Å². The van der Waals surface area contributed by atoms with E-state index < -0.39 is 6.10 Å². The number of nitrogens with one attached hydrogen (secondary N) is 1. The Kier molecular flexibility index (Phi) is 5.79. The number of amides is 1. The predicted octanol–water partition coefficient (Wildman–Crippen LogP) is 3.85. The van der Waals surface area contributed by atoms with E-state index in [1.165, 1.54) is 15.9 Å². The zero-order valence-electron chi connectivity index (χ0n) is 18.5. The number of aliphatic hydroxyl groups is 1. The average Bonchev–Trinajstić information content (AvgIpc) is 3.46. The third-order valence-electron chi connectivity index (χ3n) is 5.96. The molecular weight excluding hydrogens is 416 g/mol. The van der Waals surface area contributed by atoms with Gasteiger partial charge in [-0.3, -0.25) is 4.79 Å². The Hall–Kier alpha value is -3.71. The molecule has 3 aromatic carbocycles. The summed E-state index contributed by atoms with van der Waals surface area (Å²) in [7, 11) is 0. The molecule has 33 heavy (non-hydrogen) atoms. The Morgan fingerprint density at radius 3 is 2.58 bits per heavy atom. The lowest BCUT2D eigenvalue weighted by Gasteiger charge is -2.18. The standard InChI is InChI=1S/C26H26N4O3/c1-17(26(32)27-21-11-10-19-5-4-6-20(19)16-21)33-25-12-9-18(13-14-31)15-24(25)30-28-22-7-2-3-8-23(22)29-30/h2-3,7-12,15-17,31H,4-6,13-14H2,1H3,(H,27,32)/t17-/m0/s1. The molecule has 0 unspecified atom stereocenters. The summed E-state index contributed by atoms with van der Waals surface area (Å²) >= 11 is 0. The lowest BCUT2D eigenvalue weighted by atomic mass is 10.1. The van der Waals surface area contributed by atoms with Crippen LogP contribution in [0.5, 0.6) is 5.75 Å². The van der Waals surface area contributed by atoms with Crippen molar-refractivity contribution in [2.24, 2.45) is 0 Å². The smallest absolute Gasteiger partial charge is 0.265 e. The molecule has 0 radical (unpaired) electrons. The van der Waals surface area contributed by atoms with Crippen LogP contribution in [-0.2, 0) is 24.1 Å². The van der Waals surface area contributed by atoms with Crippen molar-refractivity contribution in [1.29, 1.82) is 0 Å². The maximum atomic E-state index is 12.9. The number of carbonyl (C=O) groups excluding carboxylic acids is 1. The van der Waals surface area contributed by atoms with Crippen molar-refractivity contribution in [3.63, 3.8) is 0 Å². The lowest BCUT2D eigenvalue weighted by Crippen LogP contribution is -2.30. The summed E-state index contributed by atoms with van der Waals surface area (Å²) in [4.78, 5) is 14.4. The van der Waals surface area contributed by atoms with Crippen molar-refractivity contribution in [2.75, 3.05) is 11.9 Å². The van der Waals surface area contributed by atoms with Gasteiger partial charge in [0.1, 0.15) is 22.5 Å². The van der Waals surface area contributed by atoms with Crippen LogP contribution < -0.4 is 10.1 Å². The third-order valence-corrected chi connectivity index (χ3v) is 5.96. The predicted molar refractivity (Wildman–Crippen MR) is 127 cm³/mol. The molecule has 0 aliphatic heterocycles. The molecule has 1 amide bonds. The van der Waals surface area contributed by atoms with E-state index in [-0.39, 0.29) is 12.5 Å². The molecule has 7 nitrogen and oxygen atoms in total. The normalized spacial score (nSPS) is 13.6. The number of fused-ring (bicyclic) bond motifs is 2. The summed E-state index contributed by atoms with van der Waals surface area (Å²) in [6.45, 7) is 1.76. The van der Waals surface area contributed by atoms with Crippen LogP contribution in [0.25, 0.3) is 16.7 Å². The molecule has 7 heteroatoms.